The number of benzene rings is 2. The fourth-order valence-electron chi connectivity index (χ4n) is 7.86. The van der Waals surface area contributed by atoms with Crippen LogP contribution in [0.5, 0.6) is 0 Å². The van der Waals surface area contributed by atoms with Gasteiger partial charge in [-0.2, -0.15) is 14.7 Å². The van der Waals surface area contributed by atoms with E-state index in [1.807, 2.05) is 106 Å². The molecule has 2 aliphatic heterocycles. The predicted molar refractivity (Wildman–Crippen MR) is 275 cm³/mol. The Bertz CT molecular complexity index is 2630. The number of halogens is 5. The second-order valence-electron chi connectivity index (χ2n) is 18.3. The monoisotopic (exact) mass is 1100 g/mol. The van der Waals surface area contributed by atoms with Crippen LogP contribution in [0.1, 0.15) is 92.9 Å². The molecule has 67 heavy (non-hydrogen) atoms. The summed E-state index contributed by atoms with van der Waals surface area (Å²) in [6, 6.07) is 19.3. The van der Waals surface area contributed by atoms with Crippen LogP contribution in [0.15, 0.2) is 82.0 Å². The van der Waals surface area contributed by atoms with Crippen LogP contribution in [-0.2, 0) is 9.47 Å². The van der Waals surface area contributed by atoms with Crippen molar-refractivity contribution in [2.24, 2.45) is 5.73 Å². The molecule has 2 aromatic carbocycles. The highest BCUT2D eigenvalue weighted by molar-refractivity contribution is 9.11. The molecule has 0 bridgehead atoms. The highest BCUT2D eigenvalue weighted by atomic mass is 79.9. The Balaban J connectivity index is 0.000000183. The molecule has 8 rings (SSSR count). The van der Waals surface area contributed by atoms with Crippen LogP contribution in [0.3, 0.4) is 0 Å². The topological polar surface area (TPSA) is 158 Å². The lowest BCUT2D eigenvalue weighted by Crippen LogP contribution is -2.46. The molecule has 2 aliphatic rings. The third-order valence-electron chi connectivity index (χ3n) is 10.9. The molecule has 3 N–H and O–H groups in total. The maximum Gasteiger partial charge on any atom is 0.410 e. The number of hydrogen-bond donors (Lipinski definition) is 2. The van der Waals surface area contributed by atoms with Gasteiger partial charge < -0.3 is 30.3 Å². The molecule has 2 unspecified atom stereocenters. The molecule has 6 aromatic rings. The molecule has 360 valence electrons. The van der Waals surface area contributed by atoms with E-state index in [9.17, 15) is 9.59 Å². The lowest BCUT2D eigenvalue weighted by Gasteiger charge is -2.37. The van der Waals surface area contributed by atoms with Crippen LogP contribution in [-0.4, -0.2) is 101 Å². The van der Waals surface area contributed by atoms with Gasteiger partial charge in [-0.3, -0.25) is 0 Å². The number of hydrogen-bond acceptors (Lipinski definition) is 10. The van der Waals surface area contributed by atoms with E-state index in [1.165, 1.54) is 6.42 Å². The van der Waals surface area contributed by atoms with Gasteiger partial charge in [-0.1, -0.05) is 71.2 Å². The highest BCUT2D eigenvalue weighted by Gasteiger charge is 2.31. The van der Waals surface area contributed by atoms with Crippen LogP contribution >= 0.6 is 66.7 Å². The Labute approximate surface area is 424 Å². The molecule has 2 atom stereocenters. The minimum absolute atomic E-state index is 0.144. The first-order valence-corrected chi connectivity index (χ1v) is 25.2. The Morgan fingerprint density at radius 2 is 1.16 bits per heavy atom. The minimum Gasteiger partial charge on any atom is -0.444 e. The summed E-state index contributed by atoms with van der Waals surface area (Å²) in [4.78, 5) is 37.7. The molecule has 19 heteroatoms. The largest absolute Gasteiger partial charge is 0.444 e. The second kappa shape index (κ2) is 23.4. The zero-order chi connectivity index (χ0) is 48.5. The van der Waals surface area contributed by atoms with Gasteiger partial charge in [0.1, 0.15) is 22.2 Å². The van der Waals surface area contributed by atoms with E-state index in [2.05, 4.69) is 52.4 Å². The number of piperidine rings is 2. The van der Waals surface area contributed by atoms with Crippen LogP contribution in [0.2, 0.25) is 15.2 Å². The van der Waals surface area contributed by atoms with Gasteiger partial charge in [0, 0.05) is 65.0 Å². The lowest BCUT2D eigenvalue weighted by molar-refractivity contribution is 0.00819. The minimum atomic E-state index is -0.497. The van der Waals surface area contributed by atoms with Gasteiger partial charge >= 0.3 is 12.2 Å². The number of nitrogens with two attached hydrogens (primary N) is 1. The number of carbonyl (C=O) groups excluding carboxylic acids is 2. The maximum atomic E-state index is 12.7. The summed E-state index contributed by atoms with van der Waals surface area (Å²) in [6.45, 7) is 14.2. The molecule has 0 aliphatic carbocycles. The first-order chi connectivity index (χ1) is 31.8. The van der Waals surface area contributed by atoms with E-state index in [0.717, 1.165) is 95.3 Å². The van der Waals surface area contributed by atoms with E-state index in [0.29, 0.717) is 39.6 Å². The van der Waals surface area contributed by atoms with Crippen molar-refractivity contribution in [3.8, 4) is 22.5 Å². The zero-order valence-electron chi connectivity index (χ0n) is 38.7. The van der Waals surface area contributed by atoms with Crippen LogP contribution in [0.25, 0.3) is 33.8 Å². The number of fused-ring (bicyclic) bond motifs is 2. The molecule has 6 heterocycles. The average Bonchev–Trinajstić information content (AvgIpc) is 3.85. The van der Waals surface area contributed by atoms with Gasteiger partial charge in [-0.15, -0.1) is 0 Å². The number of likely N-dealkylation sites (tertiary alicyclic amines) is 2. The van der Waals surface area contributed by atoms with Gasteiger partial charge in [0.05, 0.1) is 32.7 Å². The van der Waals surface area contributed by atoms with Crippen molar-refractivity contribution in [1.29, 1.82) is 0 Å². The van der Waals surface area contributed by atoms with Crippen molar-refractivity contribution in [2.75, 3.05) is 31.5 Å². The number of amides is 2. The van der Waals surface area contributed by atoms with Crippen molar-refractivity contribution in [3.05, 3.63) is 97.2 Å². The Hall–Kier alpha value is -4.19. The zero-order valence-corrected chi connectivity index (χ0v) is 44.2. The summed E-state index contributed by atoms with van der Waals surface area (Å²) in [5, 5.41) is 13.8. The Kier molecular flexibility index (Phi) is 18.2. The number of ether oxygens (including phenoxy) is 2. The molecule has 0 saturated carbocycles. The van der Waals surface area contributed by atoms with Crippen LogP contribution < -0.4 is 11.1 Å². The van der Waals surface area contributed by atoms with Gasteiger partial charge in [0.2, 0.25) is 0 Å². The standard InChI is InChI=1S/C24H29BrClN5O2.C12H6BrCl2N3.C12H24N2O2/c1-24(2,3)33-23(32)30-13-7-6-8-16(30)11-12-27-21-14-20(17-9-4-5-10-19(17)26)29-22-18(25)15-28-31(21)22;13-8-6-16-18-11(15)5-10(17-12(8)18)7-3-1-2-4-9(7)14;1-12(2,3)16-11(15)14-9-5-4-6-10(14)7-8-13/h4-5,9-10,14-16,27H,6-8,11-13H2,1-3H3;1-6H;10H,4-9,13H2,1-3H3. The smallest absolute Gasteiger partial charge is 0.410 e. The first-order valence-electron chi connectivity index (χ1n) is 22.5. The lowest BCUT2D eigenvalue weighted by atomic mass is 10.00. The molecular formula is C48H59Br2Cl3N10O4. The van der Waals surface area contributed by atoms with Crippen molar-refractivity contribution >= 4 is 96.0 Å². The number of carbonyl (C=O) groups is 2. The second-order valence-corrected chi connectivity index (χ2v) is 21.3. The Morgan fingerprint density at radius 1 is 0.701 bits per heavy atom. The number of aromatic nitrogens is 6. The molecule has 2 fully saturated rings. The molecule has 2 amide bonds. The molecule has 14 nitrogen and oxygen atoms in total. The summed E-state index contributed by atoms with van der Waals surface area (Å²) in [5.74, 6) is 0.820. The number of nitrogens with zero attached hydrogens (tertiary/aromatic N) is 8. The summed E-state index contributed by atoms with van der Waals surface area (Å²) in [5.41, 5.74) is 9.23. The average molecular weight is 1110 g/mol. The van der Waals surface area contributed by atoms with Gasteiger partial charge in [-0.25, -0.2) is 24.1 Å². The number of anilines is 1. The summed E-state index contributed by atoms with van der Waals surface area (Å²) < 4.78 is 16.0. The maximum absolute atomic E-state index is 12.7. The Morgan fingerprint density at radius 3 is 1.66 bits per heavy atom. The van der Waals surface area contributed by atoms with Crippen molar-refractivity contribution in [2.45, 2.75) is 116 Å². The van der Waals surface area contributed by atoms with Crippen LogP contribution in [0.4, 0.5) is 15.4 Å². The van der Waals surface area contributed by atoms with Gasteiger partial charge in [-0.05, 0) is 143 Å². The van der Waals surface area contributed by atoms with Gasteiger partial charge in [0.25, 0.3) is 0 Å². The van der Waals surface area contributed by atoms with Crippen molar-refractivity contribution in [3.63, 3.8) is 0 Å². The van der Waals surface area contributed by atoms with E-state index >= 15 is 0 Å². The quantitative estimate of drug-likeness (QED) is 0.141. The molecule has 0 radical (unpaired) electrons. The van der Waals surface area contributed by atoms with Gasteiger partial charge in [0.15, 0.2) is 11.3 Å². The normalized spacial score (nSPS) is 16.5. The van der Waals surface area contributed by atoms with E-state index in [1.54, 1.807) is 27.5 Å². The fraction of sp³-hybridized carbons (Fsp3) is 0.458. The van der Waals surface area contributed by atoms with E-state index in [-0.39, 0.29) is 24.3 Å². The predicted octanol–water partition coefficient (Wildman–Crippen LogP) is 13.0. The molecule has 0 spiro atoms. The third-order valence-corrected chi connectivity index (χ3v) is 13.0. The summed E-state index contributed by atoms with van der Waals surface area (Å²) in [7, 11) is 0. The fourth-order valence-corrected chi connectivity index (χ4v) is 9.25. The van der Waals surface area contributed by atoms with Crippen molar-refractivity contribution in [1.82, 2.24) is 39.0 Å². The SMILES string of the molecule is CC(C)(C)OC(=O)N1CCCCC1CCN.CC(C)(C)OC(=O)N1CCCCC1CCNc1cc(-c2ccccc2Cl)nc2c(Br)cnn12.Clc1ccccc1-c1cc(Cl)n2ncc(Br)c2n1. The molecule has 4 aromatic heterocycles. The summed E-state index contributed by atoms with van der Waals surface area (Å²) in [6.07, 6.45) is 11.1. The van der Waals surface area contributed by atoms with Crippen molar-refractivity contribution < 1.29 is 19.1 Å². The molecule has 2 saturated heterocycles. The molecular weight excluding hydrogens is 1050 g/mol. The number of rotatable bonds is 8. The highest BCUT2D eigenvalue weighted by Crippen LogP contribution is 2.32. The summed E-state index contributed by atoms with van der Waals surface area (Å²) >= 11 is 25.7. The third kappa shape index (κ3) is 14.2. The van der Waals surface area contributed by atoms with E-state index in [4.69, 9.17) is 55.0 Å². The number of nitrogens with one attached hydrogen (secondary N) is 1. The van der Waals surface area contributed by atoms with E-state index < -0.39 is 11.2 Å². The first kappa shape index (κ1) is 52.2. The van der Waals surface area contributed by atoms with Crippen LogP contribution in [0, 0.1) is 0 Å².